The minimum Gasteiger partial charge on any atom is -0.461 e. The van der Waals surface area contributed by atoms with Gasteiger partial charge in [-0.1, -0.05) is 48.5 Å². The summed E-state index contributed by atoms with van der Waals surface area (Å²) in [6, 6.07) is 11.8. The lowest BCUT2D eigenvalue weighted by molar-refractivity contribution is -0.126. The van der Waals surface area contributed by atoms with E-state index in [4.69, 9.17) is 21.3 Å². The number of carbonyl (C=O) groups is 1. The van der Waals surface area contributed by atoms with Crippen LogP contribution >= 0.6 is 11.6 Å². The smallest absolute Gasteiger partial charge is 0.319 e. The van der Waals surface area contributed by atoms with E-state index in [9.17, 15) is 9.18 Å². The molecule has 0 bridgehead atoms. The second-order valence-corrected chi connectivity index (χ2v) is 12.5. The number of hydrogen-bond donors (Lipinski definition) is 0. The zero-order chi connectivity index (χ0) is 30.6. The van der Waals surface area contributed by atoms with E-state index in [0.29, 0.717) is 53.8 Å². The Morgan fingerprint density at radius 2 is 1.86 bits per heavy atom. The quantitative estimate of drug-likeness (QED) is 0.227. The van der Waals surface area contributed by atoms with Gasteiger partial charge in [-0.15, -0.1) is 0 Å². The van der Waals surface area contributed by atoms with Crippen molar-refractivity contribution in [2.75, 3.05) is 44.2 Å². The van der Waals surface area contributed by atoms with Crippen LogP contribution in [0.4, 0.5) is 14.6 Å². The lowest BCUT2D eigenvalue weighted by Gasteiger charge is -2.40. The Balaban J connectivity index is 1.34. The van der Waals surface area contributed by atoms with Crippen LogP contribution in [-0.2, 0) is 4.79 Å². The normalized spacial score (nSPS) is 20.0. The average molecular weight is 618 g/mol. The number of benzene rings is 3. The summed E-state index contributed by atoms with van der Waals surface area (Å²) in [7, 11) is 0. The topological polar surface area (TPSA) is 61.8 Å². The molecule has 0 aliphatic carbocycles. The lowest BCUT2D eigenvalue weighted by Crippen LogP contribution is -2.53. The average Bonchev–Trinajstić information content (AvgIpc) is 3.62. The molecule has 3 aliphatic rings. The van der Waals surface area contributed by atoms with Crippen molar-refractivity contribution >= 4 is 45.0 Å². The number of aromatic nitrogens is 2. The molecule has 0 unspecified atom stereocenters. The number of amides is 1. The van der Waals surface area contributed by atoms with Crippen molar-refractivity contribution in [1.82, 2.24) is 19.8 Å². The third-order valence-corrected chi connectivity index (χ3v) is 10.0. The Hall–Kier alpha value is -3.82. The highest BCUT2D eigenvalue weighted by Crippen LogP contribution is 2.41. The first-order valence-corrected chi connectivity index (χ1v) is 15.6. The number of ether oxygens (including phenoxy) is 1. The third kappa shape index (κ3) is 4.77. The van der Waals surface area contributed by atoms with Crippen LogP contribution in [0.15, 0.2) is 55.1 Å². The van der Waals surface area contributed by atoms with Crippen molar-refractivity contribution in [2.45, 2.75) is 44.2 Å². The second-order valence-electron chi connectivity index (χ2n) is 12.2. The first-order valence-electron chi connectivity index (χ1n) is 15.2. The summed E-state index contributed by atoms with van der Waals surface area (Å²) < 4.78 is 37.6. The number of fused-ring (bicyclic) bond motifs is 3. The zero-order valence-electron chi connectivity index (χ0n) is 24.7. The summed E-state index contributed by atoms with van der Waals surface area (Å²) in [5, 5.41) is 1.63. The zero-order valence-corrected chi connectivity index (χ0v) is 25.4. The van der Waals surface area contributed by atoms with Crippen molar-refractivity contribution in [1.29, 1.82) is 0 Å². The Bertz CT molecular complexity index is 1790. The number of nitrogens with zero attached hydrogens (tertiary/aromatic N) is 5. The summed E-state index contributed by atoms with van der Waals surface area (Å²) in [6.07, 6.45) is 5.70. The molecule has 0 radical (unpaired) electrons. The summed E-state index contributed by atoms with van der Waals surface area (Å²) in [5.74, 6) is -0.685. The maximum Gasteiger partial charge on any atom is 0.319 e. The monoisotopic (exact) mass is 617 g/mol. The van der Waals surface area contributed by atoms with Crippen LogP contribution in [0.25, 0.3) is 32.8 Å². The Morgan fingerprint density at radius 1 is 1.07 bits per heavy atom. The van der Waals surface area contributed by atoms with E-state index >= 15 is 4.39 Å². The molecular weight excluding hydrogens is 584 g/mol. The van der Waals surface area contributed by atoms with Crippen LogP contribution in [0.3, 0.4) is 0 Å². The first-order chi connectivity index (χ1) is 21.3. The first kappa shape index (κ1) is 28.9. The van der Waals surface area contributed by atoms with Crippen molar-refractivity contribution < 1.29 is 18.3 Å². The molecule has 1 amide bonds. The van der Waals surface area contributed by atoms with E-state index < -0.39 is 11.6 Å². The second kappa shape index (κ2) is 11.3. The molecule has 3 fully saturated rings. The minimum absolute atomic E-state index is 0.0351. The van der Waals surface area contributed by atoms with Gasteiger partial charge in [0.05, 0.1) is 10.6 Å². The molecule has 228 valence electrons. The number of carbonyl (C=O) groups excluding carboxylic acids is 1. The van der Waals surface area contributed by atoms with Gasteiger partial charge >= 0.3 is 6.01 Å². The molecule has 3 aliphatic heterocycles. The SMILES string of the molecule is C=CC(=O)N1CCN(c2nc(OCC34CCCN3CCC4)nc3c(F)c(-c4cccc5ccc(F)c(Cl)c45)ccc23)[C@@H](C)C1. The number of hydrogen-bond acceptors (Lipinski definition) is 6. The highest BCUT2D eigenvalue weighted by Gasteiger charge is 2.45. The van der Waals surface area contributed by atoms with E-state index in [1.54, 1.807) is 35.2 Å². The molecule has 7 nitrogen and oxygen atoms in total. The number of piperazine rings is 1. The van der Waals surface area contributed by atoms with Gasteiger partial charge in [-0.2, -0.15) is 9.97 Å². The van der Waals surface area contributed by atoms with Crippen LogP contribution in [0, 0.1) is 11.6 Å². The minimum atomic E-state index is -0.566. The maximum atomic E-state index is 16.7. The van der Waals surface area contributed by atoms with Gasteiger partial charge in [-0.05, 0) is 74.9 Å². The summed E-state index contributed by atoms with van der Waals surface area (Å²) in [5.41, 5.74) is 0.825. The predicted molar refractivity (Wildman–Crippen MR) is 169 cm³/mol. The van der Waals surface area contributed by atoms with Crippen LogP contribution < -0.4 is 9.64 Å². The van der Waals surface area contributed by atoms with Crippen LogP contribution in [0.1, 0.15) is 32.6 Å². The fourth-order valence-electron chi connectivity index (χ4n) is 7.41. The fourth-order valence-corrected chi connectivity index (χ4v) is 7.69. The molecule has 1 aromatic heterocycles. The molecule has 7 rings (SSSR count). The van der Waals surface area contributed by atoms with E-state index in [1.165, 1.54) is 12.1 Å². The van der Waals surface area contributed by atoms with Crippen molar-refractivity contribution in [3.8, 4) is 17.1 Å². The molecule has 3 saturated heterocycles. The molecule has 4 aromatic rings. The molecule has 1 atom stereocenters. The van der Waals surface area contributed by atoms with Gasteiger partial charge in [0.15, 0.2) is 5.82 Å². The van der Waals surface area contributed by atoms with Gasteiger partial charge in [0.2, 0.25) is 5.91 Å². The summed E-state index contributed by atoms with van der Waals surface area (Å²) in [4.78, 5) is 28.2. The van der Waals surface area contributed by atoms with Crippen molar-refractivity contribution in [3.05, 3.63) is 71.8 Å². The molecule has 3 aromatic carbocycles. The van der Waals surface area contributed by atoms with E-state index in [-0.39, 0.29) is 39.6 Å². The molecule has 4 heterocycles. The molecule has 0 saturated carbocycles. The third-order valence-electron chi connectivity index (χ3n) is 9.66. The highest BCUT2D eigenvalue weighted by molar-refractivity contribution is 6.37. The molecule has 10 heteroatoms. The predicted octanol–water partition coefficient (Wildman–Crippen LogP) is 6.61. The van der Waals surface area contributed by atoms with Gasteiger partial charge in [-0.25, -0.2) is 8.78 Å². The van der Waals surface area contributed by atoms with Gasteiger partial charge < -0.3 is 14.5 Å². The maximum absolute atomic E-state index is 16.7. The number of anilines is 1. The summed E-state index contributed by atoms with van der Waals surface area (Å²) >= 11 is 6.42. The molecule has 44 heavy (non-hydrogen) atoms. The Morgan fingerprint density at radius 3 is 2.61 bits per heavy atom. The van der Waals surface area contributed by atoms with Crippen LogP contribution in [-0.4, -0.2) is 76.6 Å². The number of halogens is 3. The van der Waals surface area contributed by atoms with Gasteiger partial charge in [0.1, 0.15) is 23.8 Å². The fraction of sp³-hybridized carbons (Fsp3) is 0.382. The number of rotatable bonds is 6. The van der Waals surface area contributed by atoms with Gasteiger partial charge in [0, 0.05) is 42.0 Å². The lowest BCUT2D eigenvalue weighted by atomic mass is 9.95. The Labute approximate surface area is 260 Å². The van der Waals surface area contributed by atoms with Crippen LogP contribution in [0.5, 0.6) is 6.01 Å². The van der Waals surface area contributed by atoms with E-state index in [0.717, 1.165) is 38.8 Å². The van der Waals surface area contributed by atoms with Crippen molar-refractivity contribution in [2.24, 2.45) is 0 Å². The summed E-state index contributed by atoms with van der Waals surface area (Å²) in [6.45, 7) is 9.66. The van der Waals surface area contributed by atoms with Crippen LogP contribution in [0.2, 0.25) is 5.02 Å². The van der Waals surface area contributed by atoms with Gasteiger partial charge in [0.25, 0.3) is 0 Å². The van der Waals surface area contributed by atoms with Gasteiger partial charge in [-0.3, -0.25) is 9.69 Å². The largest absolute Gasteiger partial charge is 0.461 e. The van der Waals surface area contributed by atoms with E-state index in [2.05, 4.69) is 21.4 Å². The standard InChI is InChI=1S/C34H34ClF2N5O2/c1-3-27(43)40-17-18-42(21(2)19-40)32-25-11-10-24(23-8-4-7-22-9-12-26(36)29(35)28(22)23)30(37)31(25)38-33(39-32)44-20-34-13-5-15-41(34)16-6-14-34/h3-4,7-12,21H,1,5-6,13-20H2,2H3/t21-/m0/s1. The van der Waals surface area contributed by atoms with E-state index in [1.807, 2.05) is 13.0 Å². The highest BCUT2D eigenvalue weighted by atomic mass is 35.5. The Kier molecular flexibility index (Phi) is 7.41. The molecular formula is C34H34ClF2N5O2. The molecule has 0 N–H and O–H groups in total. The molecule has 0 spiro atoms. The van der Waals surface area contributed by atoms with Crippen molar-refractivity contribution in [3.63, 3.8) is 0 Å².